The van der Waals surface area contributed by atoms with E-state index in [0.29, 0.717) is 31.7 Å². The lowest BCUT2D eigenvalue weighted by molar-refractivity contribution is 0.0881. The molecule has 30 heavy (non-hydrogen) atoms. The van der Waals surface area contributed by atoms with Crippen molar-refractivity contribution in [2.75, 3.05) is 44.7 Å². The van der Waals surface area contributed by atoms with Gasteiger partial charge in [0.05, 0.1) is 11.5 Å². The largest absolute Gasteiger partial charge is 0.395 e. The van der Waals surface area contributed by atoms with Gasteiger partial charge in [0.15, 0.2) is 0 Å². The van der Waals surface area contributed by atoms with E-state index in [-0.39, 0.29) is 23.5 Å². The molecule has 0 bridgehead atoms. The molecule has 0 saturated carbocycles. The summed E-state index contributed by atoms with van der Waals surface area (Å²) >= 11 is 0. The van der Waals surface area contributed by atoms with Crippen molar-refractivity contribution in [2.24, 2.45) is 0 Å². The molecule has 1 heterocycles. The molecule has 1 aliphatic heterocycles. The van der Waals surface area contributed by atoms with Gasteiger partial charge in [0.25, 0.3) is 5.91 Å². The van der Waals surface area contributed by atoms with Gasteiger partial charge < -0.3 is 10.0 Å². The quantitative estimate of drug-likeness (QED) is 0.726. The van der Waals surface area contributed by atoms with E-state index >= 15 is 0 Å². The fourth-order valence-electron chi connectivity index (χ4n) is 3.69. The SMILES string of the molecule is CC[C@H](CO)N1CCN(S(=O)(=O)c2ccc(C(=O)N(C)c3ccccc3)cc2)CC1. The van der Waals surface area contributed by atoms with Crippen LogP contribution in [0.4, 0.5) is 5.69 Å². The number of anilines is 1. The molecule has 0 spiro atoms. The van der Waals surface area contributed by atoms with Crippen LogP contribution in [0.25, 0.3) is 0 Å². The van der Waals surface area contributed by atoms with Gasteiger partial charge in [-0.25, -0.2) is 8.42 Å². The molecule has 0 aromatic heterocycles. The van der Waals surface area contributed by atoms with E-state index in [1.165, 1.54) is 21.3 Å². The topological polar surface area (TPSA) is 81.2 Å². The van der Waals surface area contributed by atoms with Gasteiger partial charge in [-0.3, -0.25) is 9.69 Å². The number of aliphatic hydroxyl groups is 1. The molecular weight excluding hydrogens is 402 g/mol. The molecule has 3 rings (SSSR count). The number of nitrogens with zero attached hydrogens (tertiary/aromatic N) is 3. The lowest BCUT2D eigenvalue weighted by Gasteiger charge is -2.37. The van der Waals surface area contributed by atoms with Crippen molar-refractivity contribution in [3.63, 3.8) is 0 Å². The van der Waals surface area contributed by atoms with Crippen molar-refractivity contribution >= 4 is 21.6 Å². The number of sulfonamides is 1. The Labute approximate surface area is 178 Å². The highest BCUT2D eigenvalue weighted by Gasteiger charge is 2.30. The number of rotatable bonds is 7. The van der Waals surface area contributed by atoms with E-state index < -0.39 is 10.0 Å². The van der Waals surface area contributed by atoms with Gasteiger partial charge in [-0.15, -0.1) is 0 Å². The Hall–Kier alpha value is -2.26. The maximum Gasteiger partial charge on any atom is 0.258 e. The van der Waals surface area contributed by atoms with Crippen molar-refractivity contribution in [1.29, 1.82) is 0 Å². The first-order chi connectivity index (χ1) is 14.4. The highest BCUT2D eigenvalue weighted by atomic mass is 32.2. The van der Waals surface area contributed by atoms with Crippen LogP contribution in [0, 0.1) is 0 Å². The number of hydrogen-bond acceptors (Lipinski definition) is 5. The van der Waals surface area contributed by atoms with E-state index in [2.05, 4.69) is 4.90 Å². The molecule has 1 amide bonds. The molecule has 8 heteroatoms. The van der Waals surface area contributed by atoms with Crippen molar-refractivity contribution < 1.29 is 18.3 Å². The van der Waals surface area contributed by atoms with Crippen LogP contribution in [0.2, 0.25) is 0 Å². The van der Waals surface area contributed by atoms with Gasteiger partial charge in [0.2, 0.25) is 10.0 Å². The van der Waals surface area contributed by atoms with Crippen molar-refractivity contribution in [1.82, 2.24) is 9.21 Å². The third kappa shape index (κ3) is 4.73. The van der Waals surface area contributed by atoms with Crippen LogP contribution < -0.4 is 4.90 Å². The van der Waals surface area contributed by atoms with Gasteiger partial charge in [-0.1, -0.05) is 25.1 Å². The lowest BCUT2D eigenvalue weighted by atomic mass is 10.2. The maximum absolute atomic E-state index is 13.0. The van der Waals surface area contributed by atoms with Crippen LogP contribution in [0.15, 0.2) is 59.5 Å². The Kier molecular flexibility index (Phi) is 7.25. The molecule has 1 atom stereocenters. The second kappa shape index (κ2) is 9.70. The fourth-order valence-corrected chi connectivity index (χ4v) is 5.12. The summed E-state index contributed by atoms with van der Waals surface area (Å²) in [5, 5.41) is 9.46. The Balaban J connectivity index is 1.69. The van der Waals surface area contributed by atoms with E-state index in [0.717, 1.165) is 12.1 Å². The van der Waals surface area contributed by atoms with Gasteiger partial charge in [0, 0.05) is 50.5 Å². The minimum atomic E-state index is -3.62. The lowest BCUT2D eigenvalue weighted by Crippen LogP contribution is -2.52. The van der Waals surface area contributed by atoms with Crippen LogP contribution in [-0.4, -0.2) is 74.5 Å². The summed E-state index contributed by atoms with van der Waals surface area (Å²) < 4.78 is 27.5. The summed E-state index contributed by atoms with van der Waals surface area (Å²) in [6.07, 6.45) is 0.830. The fraction of sp³-hybridized carbons (Fsp3) is 0.409. The first-order valence-electron chi connectivity index (χ1n) is 10.2. The first-order valence-corrected chi connectivity index (χ1v) is 11.6. The standard InChI is InChI=1S/C22H29N3O4S/c1-3-19(17-26)24-13-15-25(16-14-24)30(28,29)21-11-9-18(10-12-21)22(27)23(2)20-7-5-4-6-8-20/h4-12,19,26H,3,13-17H2,1-2H3/t19-/m1/s1. The molecule has 2 aromatic carbocycles. The summed E-state index contributed by atoms with van der Waals surface area (Å²) in [7, 11) is -1.93. The monoisotopic (exact) mass is 431 g/mol. The van der Waals surface area contributed by atoms with Gasteiger partial charge in [-0.05, 0) is 42.8 Å². The van der Waals surface area contributed by atoms with Gasteiger partial charge >= 0.3 is 0 Å². The Morgan fingerprint density at radius 2 is 1.63 bits per heavy atom. The zero-order valence-electron chi connectivity index (χ0n) is 17.4. The number of carbonyl (C=O) groups excluding carboxylic acids is 1. The molecule has 2 aromatic rings. The van der Waals surface area contributed by atoms with E-state index in [9.17, 15) is 18.3 Å². The molecule has 1 aliphatic rings. The van der Waals surface area contributed by atoms with Crippen LogP contribution in [0.1, 0.15) is 23.7 Å². The number of aliphatic hydroxyl groups excluding tert-OH is 1. The van der Waals surface area contributed by atoms with Gasteiger partial charge in [0.1, 0.15) is 0 Å². The van der Waals surface area contributed by atoms with Crippen LogP contribution >= 0.6 is 0 Å². The van der Waals surface area contributed by atoms with E-state index in [1.54, 1.807) is 19.2 Å². The predicted molar refractivity (Wildman–Crippen MR) is 117 cm³/mol. The first kappa shape index (κ1) is 22.4. The minimum absolute atomic E-state index is 0.0711. The predicted octanol–water partition coefficient (Wildman–Crippen LogP) is 2.04. The zero-order valence-corrected chi connectivity index (χ0v) is 18.3. The van der Waals surface area contributed by atoms with Crippen LogP contribution in [0.3, 0.4) is 0 Å². The average molecular weight is 432 g/mol. The summed E-state index contributed by atoms with van der Waals surface area (Å²) in [6, 6.07) is 15.5. The normalized spacial score (nSPS) is 16.9. The molecule has 1 fully saturated rings. The summed E-state index contributed by atoms with van der Waals surface area (Å²) in [5.74, 6) is -0.201. The van der Waals surface area contributed by atoms with E-state index in [1.807, 2.05) is 37.3 Å². The summed E-state index contributed by atoms with van der Waals surface area (Å²) in [4.78, 5) is 16.6. The number of benzene rings is 2. The Morgan fingerprint density at radius 3 is 2.17 bits per heavy atom. The number of carbonyl (C=O) groups is 1. The number of amides is 1. The molecule has 0 aliphatic carbocycles. The smallest absolute Gasteiger partial charge is 0.258 e. The third-order valence-electron chi connectivity index (χ3n) is 5.66. The van der Waals surface area contributed by atoms with Gasteiger partial charge in [-0.2, -0.15) is 4.31 Å². The highest BCUT2D eigenvalue weighted by molar-refractivity contribution is 7.89. The second-order valence-corrected chi connectivity index (χ2v) is 9.35. The Bertz CT molecular complexity index is 936. The summed E-state index contributed by atoms with van der Waals surface area (Å²) in [6.45, 7) is 4.05. The summed E-state index contributed by atoms with van der Waals surface area (Å²) in [5.41, 5.74) is 1.20. The minimum Gasteiger partial charge on any atom is -0.395 e. The van der Waals surface area contributed by atoms with Crippen molar-refractivity contribution in [3.8, 4) is 0 Å². The van der Waals surface area contributed by atoms with E-state index in [4.69, 9.17) is 0 Å². The molecule has 162 valence electrons. The van der Waals surface area contributed by atoms with Crippen LogP contribution in [-0.2, 0) is 10.0 Å². The molecular formula is C22H29N3O4S. The molecule has 0 radical (unpaired) electrons. The van der Waals surface area contributed by atoms with Crippen molar-refractivity contribution in [2.45, 2.75) is 24.3 Å². The molecule has 1 saturated heterocycles. The zero-order chi connectivity index (χ0) is 21.7. The molecule has 0 unspecified atom stereocenters. The molecule has 7 nitrogen and oxygen atoms in total. The average Bonchev–Trinajstić information content (AvgIpc) is 2.80. The number of piperazine rings is 1. The van der Waals surface area contributed by atoms with Crippen LogP contribution in [0.5, 0.6) is 0 Å². The number of hydrogen-bond donors (Lipinski definition) is 1. The third-order valence-corrected chi connectivity index (χ3v) is 7.57. The number of para-hydroxylation sites is 1. The van der Waals surface area contributed by atoms with Crippen molar-refractivity contribution in [3.05, 3.63) is 60.2 Å². The second-order valence-electron chi connectivity index (χ2n) is 7.41. The Morgan fingerprint density at radius 1 is 1.03 bits per heavy atom. The maximum atomic E-state index is 13.0. The molecule has 1 N–H and O–H groups in total. The highest BCUT2D eigenvalue weighted by Crippen LogP contribution is 2.21.